The number of nitrogens with one attached hydrogen (secondary N) is 2. The fourth-order valence-electron chi connectivity index (χ4n) is 1.82. The molecule has 8 heteroatoms. The first-order chi connectivity index (χ1) is 11.6. The summed E-state index contributed by atoms with van der Waals surface area (Å²) in [6.07, 6.45) is 2.09. The number of anilines is 2. The number of carbonyl (C=O) groups excluding carboxylic acids is 1. The molecule has 4 N–H and O–H groups in total. The van der Waals surface area contributed by atoms with E-state index < -0.39 is 0 Å². The molecule has 0 saturated heterocycles. The minimum atomic E-state index is -0.343. The molecule has 0 aliphatic heterocycles. The largest absolute Gasteiger partial charge is 0.494 e. The standard InChI is InChI=1S/C16H20N4O3S/c1-2-3-8-23-12-6-4-11(5-7-12)18-15(22)10-24-16-19-13(17)9-14(21)20-16/h4-7,9H,2-3,8,10H2,1H3,(H,18,22)(H3,17,19,20,21). The maximum absolute atomic E-state index is 11.9. The second-order valence-corrected chi connectivity index (χ2v) is 6.00. The zero-order chi connectivity index (χ0) is 17.4. The van der Waals surface area contributed by atoms with Crippen LogP contribution in [0, 0.1) is 0 Å². The molecule has 1 heterocycles. The molecule has 0 atom stereocenters. The molecule has 128 valence electrons. The van der Waals surface area contributed by atoms with Crippen molar-refractivity contribution in [1.82, 2.24) is 9.97 Å². The molecule has 0 aliphatic carbocycles. The number of nitrogens with two attached hydrogens (primary N) is 1. The molecule has 0 aliphatic rings. The van der Waals surface area contributed by atoms with Gasteiger partial charge in [0.05, 0.1) is 12.4 Å². The van der Waals surface area contributed by atoms with Gasteiger partial charge in [-0.1, -0.05) is 25.1 Å². The van der Waals surface area contributed by atoms with E-state index in [1.54, 1.807) is 12.1 Å². The third kappa shape index (κ3) is 5.96. The van der Waals surface area contributed by atoms with Gasteiger partial charge in [-0.05, 0) is 30.7 Å². The van der Waals surface area contributed by atoms with Gasteiger partial charge in [0.1, 0.15) is 11.6 Å². The first-order valence-corrected chi connectivity index (χ1v) is 8.57. The molecule has 1 amide bonds. The second-order valence-electron chi connectivity index (χ2n) is 5.04. The highest BCUT2D eigenvalue weighted by Crippen LogP contribution is 2.17. The van der Waals surface area contributed by atoms with Gasteiger partial charge in [-0.25, -0.2) is 4.98 Å². The fraction of sp³-hybridized carbons (Fsp3) is 0.312. The summed E-state index contributed by atoms with van der Waals surface area (Å²) in [6, 6.07) is 8.38. The van der Waals surface area contributed by atoms with Gasteiger partial charge in [-0.15, -0.1) is 0 Å². The van der Waals surface area contributed by atoms with Crippen LogP contribution in [0.4, 0.5) is 11.5 Å². The molecule has 0 bridgehead atoms. The Morgan fingerprint density at radius 2 is 2.12 bits per heavy atom. The first-order valence-electron chi connectivity index (χ1n) is 7.59. The average molecular weight is 348 g/mol. The molecule has 1 aromatic heterocycles. The van der Waals surface area contributed by atoms with Crippen LogP contribution in [-0.4, -0.2) is 28.2 Å². The van der Waals surface area contributed by atoms with Gasteiger partial charge in [0.25, 0.3) is 5.56 Å². The van der Waals surface area contributed by atoms with E-state index >= 15 is 0 Å². The second kappa shape index (κ2) is 8.97. The summed E-state index contributed by atoms with van der Waals surface area (Å²) < 4.78 is 5.56. The van der Waals surface area contributed by atoms with Crippen LogP contribution in [0.15, 0.2) is 40.3 Å². The third-order valence-corrected chi connectivity index (χ3v) is 3.86. The Balaban J connectivity index is 1.82. The smallest absolute Gasteiger partial charge is 0.253 e. The number of aromatic amines is 1. The van der Waals surface area contributed by atoms with Crippen LogP contribution in [0.2, 0.25) is 0 Å². The van der Waals surface area contributed by atoms with Crippen molar-refractivity contribution < 1.29 is 9.53 Å². The van der Waals surface area contributed by atoms with E-state index in [2.05, 4.69) is 22.2 Å². The third-order valence-electron chi connectivity index (χ3n) is 2.98. The van der Waals surface area contributed by atoms with Gasteiger partial charge in [0.2, 0.25) is 5.91 Å². The Morgan fingerprint density at radius 3 is 2.79 bits per heavy atom. The lowest BCUT2D eigenvalue weighted by atomic mass is 10.3. The summed E-state index contributed by atoms with van der Waals surface area (Å²) in [7, 11) is 0. The van der Waals surface area contributed by atoms with Crippen molar-refractivity contribution in [1.29, 1.82) is 0 Å². The van der Waals surface area contributed by atoms with Crippen LogP contribution in [0.1, 0.15) is 19.8 Å². The minimum Gasteiger partial charge on any atom is -0.494 e. The number of aromatic nitrogens is 2. The van der Waals surface area contributed by atoms with E-state index in [4.69, 9.17) is 10.5 Å². The SMILES string of the molecule is CCCCOc1ccc(NC(=O)CSc2nc(N)cc(=O)[nH]2)cc1. The van der Waals surface area contributed by atoms with Crippen molar-refractivity contribution in [3.05, 3.63) is 40.7 Å². The minimum absolute atomic E-state index is 0.112. The lowest BCUT2D eigenvalue weighted by Crippen LogP contribution is -2.15. The van der Waals surface area contributed by atoms with Gasteiger partial charge in [-0.3, -0.25) is 9.59 Å². The van der Waals surface area contributed by atoms with E-state index in [-0.39, 0.29) is 23.0 Å². The Morgan fingerprint density at radius 1 is 1.38 bits per heavy atom. The first kappa shape index (κ1) is 17.9. The lowest BCUT2D eigenvalue weighted by molar-refractivity contribution is -0.113. The van der Waals surface area contributed by atoms with Crippen LogP contribution >= 0.6 is 11.8 Å². The van der Waals surface area contributed by atoms with Crippen molar-refractivity contribution in [2.24, 2.45) is 0 Å². The number of hydrogen-bond donors (Lipinski definition) is 3. The zero-order valence-electron chi connectivity index (χ0n) is 13.4. The number of unbranched alkanes of at least 4 members (excludes halogenated alkanes) is 1. The van der Waals surface area contributed by atoms with Crippen LogP contribution in [0.25, 0.3) is 0 Å². The predicted molar refractivity (Wildman–Crippen MR) is 95.5 cm³/mol. The molecule has 24 heavy (non-hydrogen) atoms. The van der Waals surface area contributed by atoms with Crippen molar-refractivity contribution in [2.75, 3.05) is 23.4 Å². The van der Waals surface area contributed by atoms with E-state index in [0.29, 0.717) is 17.5 Å². The summed E-state index contributed by atoms with van der Waals surface area (Å²) in [5.41, 5.74) is 5.82. The van der Waals surface area contributed by atoms with Crippen molar-refractivity contribution in [2.45, 2.75) is 24.9 Å². The number of rotatable bonds is 8. The number of nitrogen functional groups attached to an aromatic ring is 1. The average Bonchev–Trinajstić information content (AvgIpc) is 2.54. The monoisotopic (exact) mass is 348 g/mol. The molecule has 0 spiro atoms. The summed E-state index contributed by atoms with van der Waals surface area (Å²) in [4.78, 5) is 29.7. The maximum atomic E-state index is 11.9. The van der Waals surface area contributed by atoms with E-state index in [1.807, 2.05) is 12.1 Å². The Kier molecular flexibility index (Phi) is 6.68. The Hall–Kier alpha value is -2.48. The van der Waals surface area contributed by atoms with Crippen LogP contribution in [0.5, 0.6) is 5.75 Å². The Labute approximate surface area is 144 Å². The maximum Gasteiger partial charge on any atom is 0.253 e. The number of amides is 1. The molecular formula is C16H20N4O3S. The topological polar surface area (TPSA) is 110 Å². The molecule has 1 aromatic carbocycles. The van der Waals surface area contributed by atoms with Gasteiger partial charge in [0, 0.05) is 11.8 Å². The van der Waals surface area contributed by atoms with Crippen molar-refractivity contribution in [3.8, 4) is 5.75 Å². The zero-order valence-corrected chi connectivity index (χ0v) is 14.2. The fourth-order valence-corrected chi connectivity index (χ4v) is 2.50. The molecule has 2 rings (SSSR count). The lowest BCUT2D eigenvalue weighted by Gasteiger charge is -2.08. The van der Waals surface area contributed by atoms with Crippen LogP contribution < -0.4 is 21.3 Å². The van der Waals surface area contributed by atoms with E-state index in [1.165, 1.54) is 6.07 Å². The molecule has 2 aromatic rings. The Bertz CT molecular complexity index is 731. The van der Waals surface area contributed by atoms with E-state index in [0.717, 1.165) is 30.4 Å². The molecule has 0 saturated carbocycles. The van der Waals surface area contributed by atoms with Crippen LogP contribution in [0.3, 0.4) is 0 Å². The van der Waals surface area contributed by atoms with Gasteiger partial charge < -0.3 is 20.8 Å². The quantitative estimate of drug-likeness (QED) is 0.383. The van der Waals surface area contributed by atoms with Gasteiger partial charge in [0.15, 0.2) is 5.16 Å². The van der Waals surface area contributed by atoms with Gasteiger partial charge >= 0.3 is 0 Å². The summed E-state index contributed by atoms with van der Waals surface area (Å²) in [6.45, 7) is 2.79. The van der Waals surface area contributed by atoms with Crippen molar-refractivity contribution in [3.63, 3.8) is 0 Å². The highest BCUT2D eigenvalue weighted by atomic mass is 32.2. The number of hydrogen-bond acceptors (Lipinski definition) is 6. The molecule has 0 radical (unpaired) electrons. The van der Waals surface area contributed by atoms with Crippen LogP contribution in [-0.2, 0) is 4.79 Å². The summed E-state index contributed by atoms with van der Waals surface area (Å²) >= 11 is 1.11. The number of benzene rings is 1. The predicted octanol–water partition coefficient (Wildman–Crippen LogP) is 2.26. The summed E-state index contributed by atoms with van der Waals surface area (Å²) in [5.74, 6) is 0.809. The molecule has 7 nitrogen and oxygen atoms in total. The normalized spacial score (nSPS) is 10.4. The van der Waals surface area contributed by atoms with Gasteiger partial charge in [-0.2, -0.15) is 0 Å². The molecule has 0 fully saturated rings. The number of ether oxygens (including phenoxy) is 1. The van der Waals surface area contributed by atoms with Crippen molar-refractivity contribution >= 4 is 29.2 Å². The van der Waals surface area contributed by atoms with E-state index in [9.17, 15) is 9.59 Å². The summed E-state index contributed by atoms with van der Waals surface area (Å²) in [5, 5.41) is 3.08. The number of H-pyrrole nitrogens is 1. The molecule has 0 unspecified atom stereocenters. The number of nitrogens with zero attached hydrogens (tertiary/aromatic N) is 1. The highest BCUT2D eigenvalue weighted by molar-refractivity contribution is 7.99. The molecular weight excluding hydrogens is 328 g/mol. The highest BCUT2D eigenvalue weighted by Gasteiger charge is 2.06. The number of thioether (sulfide) groups is 1. The number of carbonyl (C=O) groups is 1.